The number of rotatable bonds is 7. The summed E-state index contributed by atoms with van der Waals surface area (Å²) in [6.07, 6.45) is 4.85. The molecule has 4 rings (SSSR count). The zero-order valence-electron chi connectivity index (χ0n) is 18.3. The van der Waals surface area contributed by atoms with Crippen LogP contribution in [0.15, 0.2) is 46.9 Å². The molecule has 8 heteroatoms. The molecule has 33 heavy (non-hydrogen) atoms. The third-order valence-corrected chi connectivity index (χ3v) is 8.06. The van der Waals surface area contributed by atoms with Gasteiger partial charge in [-0.15, -0.1) is 0 Å². The lowest BCUT2D eigenvalue weighted by molar-refractivity contribution is -0.145. The number of benzene rings is 2. The summed E-state index contributed by atoms with van der Waals surface area (Å²) in [7, 11) is 0. The number of primary amides is 1. The van der Waals surface area contributed by atoms with Gasteiger partial charge in [-0.05, 0) is 73.9 Å². The van der Waals surface area contributed by atoms with E-state index in [0.717, 1.165) is 41.3 Å². The second-order valence-electron chi connectivity index (χ2n) is 9.24. The normalized spacial score (nSPS) is 22.4. The molecule has 0 bridgehead atoms. The molecule has 0 heterocycles. The van der Waals surface area contributed by atoms with Gasteiger partial charge >= 0.3 is 0 Å². The largest absolute Gasteiger partial charge is 0.368 e. The van der Waals surface area contributed by atoms with Gasteiger partial charge in [0.05, 0.1) is 5.41 Å². The van der Waals surface area contributed by atoms with Crippen LogP contribution in [0.5, 0.6) is 0 Å². The minimum atomic E-state index is -0.749. The predicted molar refractivity (Wildman–Crippen MR) is 135 cm³/mol. The smallest absolute Gasteiger partial charge is 0.240 e. The zero-order chi connectivity index (χ0) is 23.8. The first-order chi connectivity index (χ1) is 15.7. The molecule has 0 unspecified atom stereocenters. The average Bonchev–Trinajstić information content (AvgIpc) is 3.57. The number of carbonyl (C=O) groups is 2. The maximum atomic E-state index is 14.2. The minimum absolute atomic E-state index is 0.0758. The van der Waals surface area contributed by atoms with Crippen molar-refractivity contribution in [3.8, 4) is 0 Å². The molecule has 4 N–H and O–H groups in total. The molecule has 0 saturated heterocycles. The van der Waals surface area contributed by atoms with Crippen LogP contribution in [-0.4, -0.2) is 34.8 Å². The Labute approximate surface area is 212 Å². The second kappa shape index (κ2) is 9.95. The third kappa shape index (κ3) is 5.24. The Hall–Kier alpha value is -1.60. The van der Waals surface area contributed by atoms with Crippen molar-refractivity contribution in [3.05, 3.63) is 68.1 Å². The Bertz CT molecular complexity index is 1030. The molecular weight excluding hydrogens is 525 g/mol. The van der Waals surface area contributed by atoms with Gasteiger partial charge in [0.15, 0.2) is 0 Å². The Kier molecular flexibility index (Phi) is 7.39. The Morgan fingerprint density at radius 2 is 1.70 bits per heavy atom. The van der Waals surface area contributed by atoms with Crippen molar-refractivity contribution in [2.75, 3.05) is 0 Å². The quantitative estimate of drug-likeness (QED) is 0.507. The van der Waals surface area contributed by atoms with E-state index in [4.69, 9.17) is 34.7 Å². The second-order valence-corrected chi connectivity index (χ2v) is 11.0. The van der Waals surface area contributed by atoms with E-state index in [1.165, 1.54) is 0 Å². The number of nitrogens with zero attached hydrogens (tertiary/aromatic N) is 1. The van der Waals surface area contributed by atoms with Gasteiger partial charge in [-0.3, -0.25) is 9.59 Å². The van der Waals surface area contributed by atoms with Crippen LogP contribution in [0.2, 0.25) is 10.0 Å². The summed E-state index contributed by atoms with van der Waals surface area (Å²) in [5, 5.41) is 0.998. The monoisotopic (exact) mass is 551 g/mol. The number of hydrogen-bond acceptors (Lipinski definition) is 3. The van der Waals surface area contributed by atoms with Crippen LogP contribution in [0.3, 0.4) is 0 Å². The molecule has 5 nitrogen and oxygen atoms in total. The minimum Gasteiger partial charge on any atom is -0.368 e. The van der Waals surface area contributed by atoms with Crippen LogP contribution < -0.4 is 11.5 Å². The number of halogens is 3. The number of nitrogens with two attached hydrogens (primary N) is 2. The van der Waals surface area contributed by atoms with Gasteiger partial charge < -0.3 is 16.4 Å². The lowest BCUT2D eigenvalue weighted by atomic mass is 9.86. The molecule has 0 aromatic heterocycles. The molecule has 1 atom stereocenters. The summed E-state index contributed by atoms with van der Waals surface area (Å²) in [5.74, 6) is -0.577. The first-order valence-electron chi connectivity index (χ1n) is 11.3. The molecular formula is C25H28BrCl2N3O2. The number of carbonyl (C=O) groups excluding carboxylic acids is 2. The van der Waals surface area contributed by atoms with E-state index in [-0.39, 0.29) is 18.0 Å². The van der Waals surface area contributed by atoms with Crippen LogP contribution in [0.4, 0.5) is 0 Å². The molecule has 0 aliphatic heterocycles. The van der Waals surface area contributed by atoms with Crippen LogP contribution >= 0.6 is 39.1 Å². The maximum absolute atomic E-state index is 14.2. The van der Waals surface area contributed by atoms with Crippen molar-refractivity contribution in [3.63, 3.8) is 0 Å². The van der Waals surface area contributed by atoms with Crippen LogP contribution in [0.1, 0.15) is 49.7 Å². The van der Waals surface area contributed by atoms with Gasteiger partial charge in [0.25, 0.3) is 0 Å². The lowest BCUT2D eigenvalue weighted by Gasteiger charge is -2.42. The van der Waals surface area contributed by atoms with Gasteiger partial charge in [-0.2, -0.15) is 0 Å². The molecule has 2 saturated carbocycles. The van der Waals surface area contributed by atoms with E-state index in [1.54, 1.807) is 17.0 Å². The van der Waals surface area contributed by atoms with Crippen molar-refractivity contribution >= 4 is 50.9 Å². The standard InChI is InChI=1S/C25H28BrCl2N3O2/c26-16-3-1-15(2-4-16)13-22(23(30)32)31(19-8-6-18(29)7-9-19)24(33)25(11-12-25)20-10-5-17(27)14-21(20)28/h1-5,10,14,18-19,22H,6-9,11-13,29H2,(H2,30,32)/t18-,19-,22-/m0/s1. The van der Waals surface area contributed by atoms with Gasteiger partial charge in [0, 0.05) is 33.0 Å². The summed E-state index contributed by atoms with van der Waals surface area (Å²) in [6, 6.07) is 12.3. The van der Waals surface area contributed by atoms with Crippen LogP contribution in [0.25, 0.3) is 0 Å². The molecule has 0 spiro atoms. The highest BCUT2D eigenvalue weighted by molar-refractivity contribution is 9.10. The van der Waals surface area contributed by atoms with Crippen molar-refractivity contribution in [2.45, 2.75) is 68.5 Å². The molecule has 2 amide bonds. The molecule has 2 aliphatic carbocycles. The lowest BCUT2D eigenvalue weighted by Crippen LogP contribution is -2.57. The van der Waals surface area contributed by atoms with Crippen molar-refractivity contribution in [1.29, 1.82) is 0 Å². The molecule has 0 radical (unpaired) electrons. The van der Waals surface area contributed by atoms with Crippen LogP contribution in [-0.2, 0) is 21.4 Å². The van der Waals surface area contributed by atoms with Gasteiger partial charge in [-0.25, -0.2) is 0 Å². The fourth-order valence-electron chi connectivity index (χ4n) is 4.97. The molecule has 2 aromatic carbocycles. The SMILES string of the molecule is NC(=O)[C@H](Cc1ccc(Br)cc1)N(C(=O)C1(c2ccc(Cl)cc2Cl)CC1)[C@H]1CC[C@H](N)CC1. The summed E-state index contributed by atoms with van der Waals surface area (Å²) in [6.45, 7) is 0. The van der Waals surface area contributed by atoms with E-state index in [9.17, 15) is 9.59 Å². The summed E-state index contributed by atoms with van der Waals surface area (Å²) < 4.78 is 0.949. The summed E-state index contributed by atoms with van der Waals surface area (Å²) in [4.78, 5) is 28.8. The van der Waals surface area contributed by atoms with Crippen molar-refractivity contribution in [2.24, 2.45) is 11.5 Å². The van der Waals surface area contributed by atoms with E-state index in [0.29, 0.717) is 29.3 Å². The highest BCUT2D eigenvalue weighted by Crippen LogP contribution is 2.53. The summed E-state index contributed by atoms with van der Waals surface area (Å²) in [5.41, 5.74) is 13.0. The van der Waals surface area contributed by atoms with E-state index in [1.807, 2.05) is 30.3 Å². The Morgan fingerprint density at radius 1 is 1.06 bits per heavy atom. The third-order valence-electron chi connectivity index (χ3n) is 6.98. The zero-order valence-corrected chi connectivity index (χ0v) is 21.4. The fraction of sp³-hybridized carbons (Fsp3) is 0.440. The number of amides is 2. The highest BCUT2D eigenvalue weighted by atomic mass is 79.9. The Morgan fingerprint density at radius 3 is 2.24 bits per heavy atom. The van der Waals surface area contributed by atoms with E-state index in [2.05, 4.69) is 15.9 Å². The molecule has 176 valence electrons. The van der Waals surface area contributed by atoms with E-state index >= 15 is 0 Å². The first-order valence-corrected chi connectivity index (χ1v) is 12.8. The first kappa shape index (κ1) is 24.5. The van der Waals surface area contributed by atoms with Crippen LogP contribution in [0, 0.1) is 0 Å². The van der Waals surface area contributed by atoms with Crippen molar-refractivity contribution in [1.82, 2.24) is 4.90 Å². The van der Waals surface area contributed by atoms with Crippen molar-refractivity contribution < 1.29 is 9.59 Å². The average molecular weight is 553 g/mol. The molecule has 2 fully saturated rings. The predicted octanol–water partition coefficient (Wildman–Crippen LogP) is 4.98. The van der Waals surface area contributed by atoms with Gasteiger partial charge in [-0.1, -0.05) is 57.3 Å². The molecule has 2 aromatic rings. The van der Waals surface area contributed by atoms with E-state index < -0.39 is 17.4 Å². The van der Waals surface area contributed by atoms with Gasteiger partial charge in [0.1, 0.15) is 6.04 Å². The number of hydrogen-bond donors (Lipinski definition) is 2. The topological polar surface area (TPSA) is 89.4 Å². The highest BCUT2D eigenvalue weighted by Gasteiger charge is 2.56. The Balaban J connectivity index is 1.71. The summed E-state index contributed by atoms with van der Waals surface area (Å²) >= 11 is 16.1. The van der Waals surface area contributed by atoms with Gasteiger partial charge in [0.2, 0.25) is 11.8 Å². The molecule has 2 aliphatic rings. The maximum Gasteiger partial charge on any atom is 0.240 e. The fourth-order valence-corrected chi connectivity index (χ4v) is 5.82.